The molecule has 5 nitrogen and oxygen atoms in total. The van der Waals surface area contributed by atoms with Crippen molar-refractivity contribution in [2.24, 2.45) is 7.05 Å². The third-order valence-corrected chi connectivity index (χ3v) is 2.60. The summed E-state index contributed by atoms with van der Waals surface area (Å²) in [7, 11) is 1.89. The van der Waals surface area contributed by atoms with Crippen molar-refractivity contribution in [3.05, 3.63) is 18.0 Å². The van der Waals surface area contributed by atoms with E-state index in [1.165, 1.54) is 12.8 Å². The van der Waals surface area contributed by atoms with Gasteiger partial charge < -0.3 is 10.6 Å². The van der Waals surface area contributed by atoms with Crippen LogP contribution < -0.4 is 10.6 Å². The Morgan fingerprint density at radius 2 is 2.44 bits per heavy atom. The van der Waals surface area contributed by atoms with E-state index in [1.54, 1.807) is 4.68 Å². The Hall–Kier alpha value is -1.36. The lowest BCUT2D eigenvalue weighted by molar-refractivity contribution is -0.120. The van der Waals surface area contributed by atoms with Gasteiger partial charge in [-0.3, -0.25) is 9.48 Å². The molecule has 1 heterocycles. The normalized spacial score (nSPS) is 15.1. The van der Waals surface area contributed by atoms with Gasteiger partial charge in [0.05, 0.1) is 12.2 Å². The highest BCUT2D eigenvalue weighted by Gasteiger charge is 2.20. The highest BCUT2D eigenvalue weighted by Crippen LogP contribution is 2.17. The van der Waals surface area contributed by atoms with Gasteiger partial charge in [0.2, 0.25) is 5.91 Å². The molecule has 1 aromatic rings. The molecule has 2 N–H and O–H groups in total. The van der Waals surface area contributed by atoms with E-state index in [9.17, 15) is 4.79 Å². The van der Waals surface area contributed by atoms with Gasteiger partial charge in [-0.2, -0.15) is 5.10 Å². The van der Waals surface area contributed by atoms with Crippen molar-refractivity contribution < 1.29 is 4.79 Å². The molecule has 0 bridgehead atoms. The molecule has 0 aliphatic heterocycles. The maximum Gasteiger partial charge on any atom is 0.233 e. The lowest BCUT2D eigenvalue weighted by Crippen LogP contribution is -2.35. The van der Waals surface area contributed by atoms with Gasteiger partial charge in [-0.1, -0.05) is 0 Å². The average Bonchev–Trinajstić information content (AvgIpc) is 2.99. The number of hydrogen-bond donors (Lipinski definition) is 2. The number of aryl methyl sites for hydroxylation is 1. The topological polar surface area (TPSA) is 59.0 Å². The van der Waals surface area contributed by atoms with Crippen LogP contribution in [0.4, 0.5) is 0 Å². The second-order valence-corrected chi connectivity index (χ2v) is 4.24. The minimum atomic E-state index is 0.0721. The Balaban J connectivity index is 1.57. The first-order chi connectivity index (χ1) is 7.74. The standard InChI is InChI=1S/C11H18N4O/c1-15-7-5-10(14-15)4-6-12-11(16)8-13-9-2-3-9/h5,7,9,13H,2-4,6,8H2,1H3,(H,12,16). The largest absolute Gasteiger partial charge is 0.355 e. The quantitative estimate of drug-likeness (QED) is 0.702. The van der Waals surface area contributed by atoms with Crippen LogP contribution in [0.2, 0.25) is 0 Å². The monoisotopic (exact) mass is 222 g/mol. The fourth-order valence-electron chi connectivity index (χ4n) is 1.51. The molecule has 88 valence electrons. The van der Waals surface area contributed by atoms with Crippen LogP contribution in [0.25, 0.3) is 0 Å². The minimum Gasteiger partial charge on any atom is -0.355 e. The lowest BCUT2D eigenvalue weighted by Gasteiger charge is -2.04. The van der Waals surface area contributed by atoms with Crippen LogP contribution >= 0.6 is 0 Å². The SMILES string of the molecule is Cn1ccc(CCNC(=O)CNC2CC2)n1. The summed E-state index contributed by atoms with van der Waals surface area (Å²) in [6.45, 7) is 1.09. The summed E-state index contributed by atoms with van der Waals surface area (Å²) < 4.78 is 1.77. The van der Waals surface area contributed by atoms with E-state index >= 15 is 0 Å². The Morgan fingerprint density at radius 3 is 3.06 bits per heavy atom. The molecule has 1 saturated carbocycles. The molecule has 0 radical (unpaired) electrons. The molecule has 5 heteroatoms. The highest BCUT2D eigenvalue weighted by molar-refractivity contribution is 5.78. The molecule has 1 amide bonds. The minimum absolute atomic E-state index is 0.0721. The first-order valence-corrected chi connectivity index (χ1v) is 5.72. The number of nitrogens with one attached hydrogen (secondary N) is 2. The number of nitrogens with zero attached hydrogens (tertiary/aromatic N) is 2. The van der Waals surface area contributed by atoms with E-state index in [1.807, 2.05) is 19.3 Å². The number of rotatable bonds is 6. The molecule has 0 spiro atoms. The summed E-state index contributed by atoms with van der Waals surface area (Å²) in [5, 5.41) is 10.3. The zero-order valence-corrected chi connectivity index (χ0v) is 9.57. The van der Waals surface area contributed by atoms with Crippen molar-refractivity contribution in [2.45, 2.75) is 25.3 Å². The number of aromatic nitrogens is 2. The van der Waals surface area contributed by atoms with Gasteiger partial charge in [-0.05, 0) is 18.9 Å². The van der Waals surface area contributed by atoms with Crippen LogP contribution in [-0.4, -0.2) is 34.8 Å². The van der Waals surface area contributed by atoms with Gasteiger partial charge in [0.15, 0.2) is 0 Å². The van der Waals surface area contributed by atoms with Crippen molar-refractivity contribution in [2.75, 3.05) is 13.1 Å². The van der Waals surface area contributed by atoms with Crippen molar-refractivity contribution in [3.8, 4) is 0 Å². The molecule has 2 rings (SSSR count). The molecular weight excluding hydrogens is 204 g/mol. The van der Waals surface area contributed by atoms with E-state index in [4.69, 9.17) is 0 Å². The number of hydrogen-bond acceptors (Lipinski definition) is 3. The summed E-state index contributed by atoms with van der Waals surface area (Å²) in [5.41, 5.74) is 1.01. The first kappa shape index (κ1) is 11.1. The van der Waals surface area contributed by atoms with Crippen LogP contribution in [0.3, 0.4) is 0 Å². The summed E-state index contributed by atoms with van der Waals surface area (Å²) in [6, 6.07) is 2.55. The van der Waals surface area contributed by atoms with Crippen LogP contribution in [-0.2, 0) is 18.3 Å². The summed E-state index contributed by atoms with van der Waals surface area (Å²) in [6.07, 6.45) is 5.12. The molecule has 1 aliphatic carbocycles. The Morgan fingerprint density at radius 1 is 1.62 bits per heavy atom. The second-order valence-electron chi connectivity index (χ2n) is 4.24. The van der Waals surface area contributed by atoms with Crippen molar-refractivity contribution >= 4 is 5.91 Å². The van der Waals surface area contributed by atoms with Crippen LogP contribution in [0.1, 0.15) is 18.5 Å². The molecule has 1 fully saturated rings. The third kappa shape index (κ3) is 3.66. The molecule has 1 aliphatic rings. The molecule has 0 atom stereocenters. The van der Waals surface area contributed by atoms with Gasteiger partial charge in [-0.25, -0.2) is 0 Å². The molecule has 0 unspecified atom stereocenters. The van der Waals surface area contributed by atoms with Gasteiger partial charge in [0.25, 0.3) is 0 Å². The number of carbonyl (C=O) groups excluding carboxylic acids is 1. The predicted octanol–water partition coefficient (Wildman–Crippen LogP) is -0.169. The maximum atomic E-state index is 11.4. The molecule has 16 heavy (non-hydrogen) atoms. The summed E-state index contributed by atoms with van der Waals surface area (Å²) >= 11 is 0. The smallest absolute Gasteiger partial charge is 0.233 e. The zero-order valence-electron chi connectivity index (χ0n) is 9.57. The van der Waals surface area contributed by atoms with Crippen LogP contribution in [0, 0.1) is 0 Å². The van der Waals surface area contributed by atoms with Gasteiger partial charge in [0.1, 0.15) is 0 Å². The van der Waals surface area contributed by atoms with Crippen molar-refractivity contribution in [1.29, 1.82) is 0 Å². The van der Waals surface area contributed by atoms with E-state index in [0.29, 0.717) is 19.1 Å². The lowest BCUT2D eigenvalue weighted by atomic mass is 10.3. The van der Waals surface area contributed by atoms with E-state index in [0.717, 1.165) is 12.1 Å². The van der Waals surface area contributed by atoms with Gasteiger partial charge in [-0.15, -0.1) is 0 Å². The molecular formula is C11H18N4O. The molecule has 0 saturated heterocycles. The fourth-order valence-corrected chi connectivity index (χ4v) is 1.51. The van der Waals surface area contributed by atoms with E-state index in [2.05, 4.69) is 15.7 Å². The highest BCUT2D eigenvalue weighted by atomic mass is 16.1. The second kappa shape index (κ2) is 5.12. The average molecular weight is 222 g/mol. The van der Waals surface area contributed by atoms with Gasteiger partial charge >= 0.3 is 0 Å². The Bertz CT molecular complexity index is 357. The number of amides is 1. The van der Waals surface area contributed by atoms with Crippen molar-refractivity contribution in [1.82, 2.24) is 20.4 Å². The maximum absolute atomic E-state index is 11.4. The number of carbonyl (C=O) groups is 1. The predicted molar refractivity (Wildman–Crippen MR) is 60.9 cm³/mol. The zero-order chi connectivity index (χ0) is 11.4. The van der Waals surface area contributed by atoms with Gasteiger partial charge in [0, 0.05) is 32.3 Å². The van der Waals surface area contributed by atoms with Crippen molar-refractivity contribution in [3.63, 3.8) is 0 Å². The van der Waals surface area contributed by atoms with Crippen LogP contribution in [0.15, 0.2) is 12.3 Å². The Labute approximate surface area is 95.2 Å². The molecule has 0 aromatic carbocycles. The first-order valence-electron chi connectivity index (χ1n) is 5.72. The van der Waals surface area contributed by atoms with Crippen LogP contribution in [0.5, 0.6) is 0 Å². The Kier molecular flexibility index (Phi) is 3.56. The molecule has 1 aromatic heterocycles. The summed E-state index contributed by atoms with van der Waals surface area (Å²) in [5.74, 6) is 0.0721. The summed E-state index contributed by atoms with van der Waals surface area (Å²) in [4.78, 5) is 11.4. The third-order valence-electron chi connectivity index (χ3n) is 2.60. The van der Waals surface area contributed by atoms with E-state index < -0.39 is 0 Å². The van der Waals surface area contributed by atoms with E-state index in [-0.39, 0.29) is 5.91 Å². The fraction of sp³-hybridized carbons (Fsp3) is 0.636.